The van der Waals surface area contributed by atoms with E-state index in [9.17, 15) is 39.9 Å². The molecule has 1 aliphatic heterocycles. The predicted molar refractivity (Wildman–Crippen MR) is 126 cm³/mol. The lowest BCUT2D eigenvalue weighted by molar-refractivity contribution is -0.376. The third kappa shape index (κ3) is 5.89. The SMILES string of the molecule is CCc1cc(CN2CCN(S(C)(=O)=O)CC2)ccc1-c1ccc(C(O)(C(F)(F)F)C(F)(F)F)cc1OC. The molecular formula is C24H28F6N2O4S. The van der Waals surface area contributed by atoms with Crippen molar-refractivity contribution in [3.05, 3.63) is 53.1 Å². The quantitative estimate of drug-likeness (QED) is 0.517. The number of methoxy groups -OCH3 is 1. The summed E-state index contributed by atoms with van der Waals surface area (Å²) in [5.74, 6) is -0.247. The molecule has 0 saturated carbocycles. The molecule has 2 aromatic rings. The van der Waals surface area contributed by atoms with Gasteiger partial charge < -0.3 is 9.84 Å². The van der Waals surface area contributed by atoms with Crippen molar-refractivity contribution in [3.63, 3.8) is 0 Å². The zero-order chi connectivity index (χ0) is 27.8. The van der Waals surface area contributed by atoms with Gasteiger partial charge in [0.25, 0.3) is 5.60 Å². The highest BCUT2D eigenvalue weighted by Crippen LogP contribution is 2.51. The summed E-state index contributed by atoms with van der Waals surface area (Å²) in [6.45, 7) is 4.26. The summed E-state index contributed by atoms with van der Waals surface area (Å²) in [4.78, 5) is 2.10. The van der Waals surface area contributed by atoms with Crippen molar-refractivity contribution >= 4 is 10.0 Å². The summed E-state index contributed by atoms with van der Waals surface area (Å²) in [7, 11) is -2.13. The lowest BCUT2D eigenvalue weighted by atomic mass is 9.88. The first-order chi connectivity index (χ1) is 17.0. The highest BCUT2D eigenvalue weighted by molar-refractivity contribution is 7.88. The normalized spacial score (nSPS) is 16.7. The summed E-state index contributed by atoms with van der Waals surface area (Å²) < 4.78 is 110. The van der Waals surface area contributed by atoms with E-state index in [0.29, 0.717) is 56.8 Å². The first-order valence-corrected chi connectivity index (χ1v) is 13.2. The minimum atomic E-state index is -6.00. The molecule has 0 radical (unpaired) electrons. The van der Waals surface area contributed by atoms with Crippen LogP contribution in [0.2, 0.25) is 0 Å². The summed E-state index contributed by atoms with van der Waals surface area (Å²) in [5.41, 5.74) is -3.88. The molecule has 206 valence electrons. The van der Waals surface area contributed by atoms with E-state index in [0.717, 1.165) is 24.3 Å². The maximum Gasteiger partial charge on any atom is 0.430 e. The number of benzene rings is 2. The molecule has 0 aromatic heterocycles. The molecule has 6 nitrogen and oxygen atoms in total. The van der Waals surface area contributed by atoms with E-state index in [1.54, 1.807) is 12.1 Å². The van der Waals surface area contributed by atoms with Crippen molar-refractivity contribution in [1.29, 1.82) is 0 Å². The van der Waals surface area contributed by atoms with Crippen molar-refractivity contribution in [3.8, 4) is 16.9 Å². The monoisotopic (exact) mass is 554 g/mol. The Hall–Kier alpha value is -2.35. The van der Waals surface area contributed by atoms with Crippen molar-refractivity contribution in [2.24, 2.45) is 0 Å². The molecule has 0 unspecified atom stereocenters. The van der Waals surface area contributed by atoms with Gasteiger partial charge in [0.2, 0.25) is 10.0 Å². The van der Waals surface area contributed by atoms with Crippen LogP contribution >= 0.6 is 0 Å². The van der Waals surface area contributed by atoms with Crippen LogP contribution in [0.4, 0.5) is 26.3 Å². The molecule has 13 heteroatoms. The van der Waals surface area contributed by atoms with E-state index in [4.69, 9.17) is 4.74 Å². The highest BCUT2D eigenvalue weighted by atomic mass is 32.2. The van der Waals surface area contributed by atoms with E-state index >= 15 is 0 Å². The van der Waals surface area contributed by atoms with Gasteiger partial charge in [-0.1, -0.05) is 37.3 Å². The number of hydrogen-bond acceptors (Lipinski definition) is 5. The molecule has 1 saturated heterocycles. The number of aliphatic hydroxyl groups is 1. The number of sulfonamides is 1. The third-order valence-corrected chi connectivity index (χ3v) is 7.79. The number of nitrogens with zero attached hydrogens (tertiary/aromatic N) is 2. The molecule has 1 aliphatic rings. The average molecular weight is 555 g/mol. The third-order valence-electron chi connectivity index (χ3n) is 6.49. The van der Waals surface area contributed by atoms with Gasteiger partial charge in [0, 0.05) is 43.9 Å². The molecule has 0 amide bonds. The lowest BCUT2D eigenvalue weighted by Gasteiger charge is -2.33. The van der Waals surface area contributed by atoms with Crippen molar-refractivity contribution in [2.45, 2.75) is 37.8 Å². The molecule has 1 heterocycles. The van der Waals surface area contributed by atoms with Gasteiger partial charge in [-0.05, 0) is 29.2 Å². The zero-order valence-electron chi connectivity index (χ0n) is 20.4. The van der Waals surface area contributed by atoms with Gasteiger partial charge in [0.1, 0.15) is 5.75 Å². The predicted octanol–water partition coefficient (Wildman–Crippen LogP) is 4.31. The number of hydrogen-bond donors (Lipinski definition) is 1. The smallest absolute Gasteiger partial charge is 0.430 e. The van der Waals surface area contributed by atoms with Crippen molar-refractivity contribution in [2.75, 3.05) is 39.5 Å². The standard InChI is InChI=1S/C24H28F6N2O4S/c1-4-17-13-16(15-31-9-11-32(12-10-31)37(3,34)35)5-7-19(17)20-8-6-18(14-21(20)36-2)22(33,23(25,26)27)24(28,29)30/h5-8,13-14,33H,4,9-12,15H2,1-3H3. The molecule has 0 bridgehead atoms. The molecule has 1 N–H and O–H groups in total. The molecule has 0 aliphatic carbocycles. The van der Waals surface area contributed by atoms with Crippen LogP contribution in [-0.4, -0.2) is 74.6 Å². The molecule has 3 rings (SSSR count). The van der Waals surface area contributed by atoms with Crippen LogP contribution in [0.1, 0.15) is 23.6 Å². The first kappa shape index (κ1) is 29.2. The summed E-state index contributed by atoms with van der Waals surface area (Å²) in [6.07, 6.45) is -10.3. The number of halogens is 6. The number of rotatable bonds is 7. The Bertz CT molecular complexity index is 1210. The van der Waals surface area contributed by atoms with E-state index in [2.05, 4.69) is 4.90 Å². The van der Waals surface area contributed by atoms with Gasteiger partial charge in [-0.3, -0.25) is 4.90 Å². The summed E-state index contributed by atoms with van der Waals surface area (Å²) >= 11 is 0. The Morgan fingerprint density at radius 2 is 1.49 bits per heavy atom. The molecular weight excluding hydrogens is 526 g/mol. The molecule has 0 atom stereocenters. The lowest BCUT2D eigenvalue weighted by Crippen LogP contribution is -2.53. The minimum Gasteiger partial charge on any atom is -0.496 e. The van der Waals surface area contributed by atoms with Crippen LogP contribution in [0.25, 0.3) is 11.1 Å². The van der Waals surface area contributed by atoms with E-state index < -0.39 is 33.5 Å². The maximum absolute atomic E-state index is 13.3. The summed E-state index contributed by atoms with van der Waals surface area (Å²) in [5, 5.41) is 9.74. The fraction of sp³-hybridized carbons (Fsp3) is 0.500. The zero-order valence-corrected chi connectivity index (χ0v) is 21.3. The van der Waals surface area contributed by atoms with Gasteiger partial charge in [-0.2, -0.15) is 30.6 Å². The van der Waals surface area contributed by atoms with Crippen molar-refractivity contribution in [1.82, 2.24) is 9.21 Å². The van der Waals surface area contributed by atoms with Crippen LogP contribution < -0.4 is 4.74 Å². The second-order valence-electron chi connectivity index (χ2n) is 8.90. The second-order valence-corrected chi connectivity index (χ2v) is 10.9. The van der Waals surface area contributed by atoms with Crippen LogP contribution in [0.5, 0.6) is 5.75 Å². The van der Waals surface area contributed by atoms with Gasteiger partial charge >= 0.3 is 12.4 Å². The van der Waals surface area contributed by atoms with Gasteiger partial charge in [-0.25, -0.2) is 8.42 Å². The molecule has 37 heavy (non-hydrogen) atoms. The van der Waals surface area contributed by atoms with Crippen LogP contribution in [0.3, 0.4) is 0 Å². The Morgan fingerprint density at radius 1 is 0.919 bits per heavy atom. The number of ether oxygens (including phenoxy) is 1. The molecule has 2 aromatic carbocycles. The number of alkyl halides is 6. The average Bonchev–Trinajstić information content (AvgIpc) is 2.81. The Labute approximate surface area is 211 Å². The summed E-state index contributed by atoms with van der Waals surface area (Å²) in [6, 6.07) is 7.66. The van der Waals surface area contributed by atoms with E-state index in [-0.39, 0.29) is 11.3 Å². The van der Waals surface area contributed by atoms with Gasteiger partial charge in [0.15, 0.2) is 0 Å². The molecule has 1 fully saturated rings. The number of aryl methyl sites for hydroxylation is 1. The van der Waals surface area contributed by atoms with E-state index in [1.165, 1.54) is 10.6 Å². The second kappa shape index (κ2) is 10.4. The van der Waals surface area contributed by atoms with Crippen LogP contribution in [0, 0.1) is 0 Å². The Balaban J connectivity index is 1.92. The largest absolute Gasteiger partial charge is 0.496 e. The molecule has 0 spiro atoms. The van der Waals surface area contributed by atoms with Crippen LogP contribution in [0.15, 0.2) is 36.4 Å². The Morgan fingerprint density at radius 3 is 1.97 bits per heavy atom. The minimum absolute atomic E-state index is 0.247. The van der Waals surface area contributed by atoms with Crippen LogP contribution in [-0.2, 0) is 28.6 Å². The fourth-order valence-electron chi connectivity index (χ4n) is 4.40. The highest BCUT2D eigenvalue weighted by Gasteiger charge is 2.71. The number of piperazine rings is 1. The maximum atomic E-state index is 13.3. The van der Waals surface area contributed by atoms with Gasteiger partial charge in [0.05, 0.1) is 13.4 Å². The van der Waals surface area contributed by atoms with Crippen molar-refractivity contribution < 1.29 is 44.6 Å². The fourth-order valence-corrected chi connectivity index (χ4v) is 5.23. The first-order valence-electron chi connectivity index (χ1n) is 11.4. The Kier molecular flexibility index (Phi) is 8.23. The topological polar surface area (TPSA) is 70.1 Å². The van der Waals surface area contributed by atoms with E-state index in [1.807, 2.05) is 13.0 Å². The van der Waals surface area contributed by atoms with Gasteiger partial charge in [-0.15, -0.1) is 0 Å².